The molecule has 0 aromatic heterocycles. The first-order valence-corrected chi connectivity index (χ1v) is 13.5. The van der Waals surface area contributed by atoms with Gasteiger partial charge in [-0.05, 0) is 66.3 Å². The molecule has 0 radical (unpaired) electrons. The predicted molar refractivity (Wildman–Crippen MR) is 143 cm³/mol. The van der Waals surface area contributed by atoms with Crippen molar-refractivity contribution in [2.45, 2.75) is 42.4 Å². The number of rotatable bonds is 5. The van der Waals surface area contributed by atoms with Crippen molar-refractivity contribution in [2.24, 2.45) is 0 Å². The molecule has 1 aliphatic carbocycles. The van der Waals surface area contributed by atoms with Crippen molar-refractivity contribution < 1.29 is 28.8 Å². The molecule has 3 atom stereocenters. The highest BCUT2D eigenvalue weighted by Crippen LogP contribution is 2.56. The van der Waals surface area contributed by atoms with Gasteiger partial charge in [-0.2, -0.15) is 0 Å². The summed E-state index contributed by atoms with van der Waals surface area (Å²) in [6.45, 7) is 2.04. The molecule has 3 aromatic rings. The maximum absolute atomic E-state index is 14.2. The first-order valence-electron chi connectivity index (χ1n) is 13.5. The van der Waals surface area contributed by atoms with Crippen LogP contribution in [0, 0.1) is 0 Å². The van der Waals surface area contributed by atoms with Crippen LogP contribution >= 0.6 is 0 Å². The second kappa shape index (κ2) is 9.14. The van der Waals surface area contributed by atoms with Crippen LogP contribution in [0.15, 0.2) is 84.6 Å². The van der Waals surface area contributed by atoms with Crippen LogP contribution in [0.5, 0.6) is 11.5 Å². The minimum atomic E-state index is -1.99. The lowest BCUT2D eigenvalue weighted by Gasteiger charge is -2.39. The summed E-state index contributed by atoms with van der Waals surface area (Å²) < 4.78 is 23.8. The number of carbonyl (C=O) groups is 1. The van der Waals surface area contributed by atoms with Crippen LogP contribution in [0.1, 0.15) is 41.0 Å². The van der Waals surface area contributed by atoms with E-state index < -0.39 is 17.7 Å². The molecule has 0 unspecified atom stereocenters. The fourth-order valence-electron chi connectivity index (χ4n) is 7.06. The van der Waals surface area contributed by atoms with Crippen LogP contribution in [0.4, 0.5) is 0 Å². The highest BCUT2D eigenvalue weighted by atomic mass is 16.7. The summed E-state index contributed by atoms with van der Waals surface area (Å²) in [5.74, 6) is 1.10. The molecule has 39 heavy (non-hydrogen) atoms. The first kappa shape index (κ1) is 24.2. The summed E-state index contributed by atoms with van der Waals surface area (Å²) in [5.41, 5.74) is 0.786. The van der Waals surface area contributed by atoms with E-state index in [9.17, 15) is 9.90 Å². The van der Waals surface area contributed by atoms with Gasteiger partial charge in [-0.25, -0.2) is 4.79 Å². The largest absolute Gasteiger partial charge is 0.497 e. The SMILES string of the molecule is COC1=C[C@]23CCCN2CCc2cc4c(cc2[C@@H]3[C@@H]1OC(=O)C(O)(c1ccccc1)c1ccccc1)OCO4. The number of esters is 1. The van der Waals surface area contributed by atoms with Gasteiger partial charge in [0.1, 0.15) is 5.76 Å². The van der Waals surface area contributed by atoms with Crippen molar-refractivity contribution in [1.29, 1.82) is 0 Å². The molecular weight excluding hydrogens is 494 g/mol. The molecule has 7 rings (SSSR count). The Morgan fingerprint density at radius 3 is 2.33 bits per heavy atom. The molecule has 0 amide bonds. The maximum atomic E-state index is 14.2. The number of aliphatic hydroxyl groups is 1. The summed E-state index contributed by atoms with van der Waals surface area (Å²) >= 11 is 0. The quantitative estimate of drug-likeness (QED) is 0.498. The number of hydrogen-bond donors (Lipinski definition) is 1. The van der Waals surface area contributed by atoms with Crippen LogP contribution in [0.3, 0.4) is 0 Å². The minimum absolute atomic E-state index is 0.196. The second-order valence-electron chi connectivity index (χ2n) is 10.7. The highest BCUT2D eigenvalue weighted by molar-refractivity contribution is 5.86. The van der Waals surface area contributed by atoms with E-state index in [0.29, 0.717) is 22.6 Å². The highest BCUT2D eigenvalue weighted by Gasteiger charge is 2.59. The molecule has 1 N–H and O–H groups in total. The molecule has 4 aliphatic rings. The molecule has 1 fully saturated rings. The third-order valence-corrected chi connectivity index (χ3v) is 8.88. The number of carbonyl (C=O) groups excluding carboxylic acids is 1. The van der Waals surface area contributed by atoms with Gasteiger partial charge in [0.2, 0.25) is 12.4 Å². The van der Waals surface area contributed by atoms with Crippen LogP contribution in [0.2, 0.25) is 0 Å². The van der Waals surface area contributed by atoms with Gasteiger partial charge in [0, 0.05) is 6.54 Å². The van der Waals surface area contributed by atoms with Gasteiger partial charge >= 0.3 is 5.97 Å². The predicted octanol–water partition coefficient (Wildman–Crippen LogP) is 4.28. The number of fused-ring (bicyclic) bond motifs is 3. The average molecular weight is 526 g/mol. The fraction of sp³-hybridized carbons (Fsp3) is 0.344. The zero-order chi connectivity index (χ0) is 26.6. The zero-order valence-corrected chi connectivity index (χ0v) is 21.8. The van der Waals surface area contributed by atoms with Crippen molar-refractivity contribution in [1.82, 2.24) is 4.90 Å². The van der Waals surface area contributed by atoms with Gasteiger partial charge in [-0.3, -0.25) is 4.90 Å². The second-order valence-corrected chi connectivity index (χ2v) is 10.7. The number of nitrogens with zero attached hydrogens (tertiary/aromatic N) is 1. The lowest BCUT2D eigenvalue weighted by molar-refractivity contribution is -0.169. The molecule has 3 aromatic carbocycles. The van der Waals surface area contributed by atoms with Gasteiger partial charge in [-0.1, -0.05) is 60.7 Å². The van der Waals surface area contributed by atoms with Crippen LogP contribution in [-0.2, 0) is 26.3 Å². The monoisotopic (exact) mass is 525 g/mol. The summed E-state index contributed by atoms with van der Waals surface area (Å²) in [6, 6.07) is 22.1. The van der Waals surface area contributed by atoms with Crippen molar-refractivity contribution in [2.75, 3.05) is 27.0 Å². The number of hydrogen-bond acceptors (Lipinski definition) is 7. The summed E-state index contributed by atoms with van der Waals surface area (Å²) in [4.78, 5) is 16.7. The van der Waals surface area contributed by atoms with Crippen molar-refractivity contribution in [3.05, 3.63) is 107 Å². The van der Waals surface area contributed by atoms with E-state index in [1.807, 2.05) is 36.4 Å². The fourth-order valence-corrected chi connectivity index (χ4v) is 7.06. The Labute approximate surface area is 227 Å². The first-order chi connectivity index (χ1) is 19.0. The molecular formula is C32H31NO6. The molecule has 1 spiro atoms. The van der Waals surface area contributed by atoms with Gasteiger partial charge in [0.05, 0.1) is 18.6 Å². The Morgan fingerprint density at radius 2 is 1.67 bits per heavy atom. The molecule has 0 saturated carbocycles. The van der Waals surface area contributed by atoms with E-state index in [-0.39, 0.29) is 18.2 Å². The van der Waals surface area contributed by atoms with Crippen LogP contribution in [-0.4, -0.2) is 54.6 Å². The topological polar surface area (TPSA) is 77.5 Å². The molecule has 7 heteroatoms. The molecule has 3 heterocycles. The van der Waals surface area contributed by atoms with Crippen molar-refractivity contribution >= 4 is 5.97 Å². The Hall–Kier alpha value is -3.81. The average Bonchev–Trinajstić information content (AvgIpc) is 3.67. The standard InChI is InChI=1S/C32H31NO6/c1-36-27-19-31-14-8-15-33(31)16-13-21-17-25-26(38-20-37-25)18-24(21)28(31)29(27)39-30(34)32(35,22-9-4-2-5-10-22)23-11-6-3-7-12-23/h2-7,9-12,17-19,28-29,35H,8,13-16,20H2,1H3/t28-,29-,31+/m1/s1. The van der Waals surface area contributed by atoms with E-state index >= 15 is 0 Å². The molecule has 3 aliphatic heterocycles. The van der Waals surface area contributed by atoms with Crippen LogP contribution < -0.4 is 9.47 Å². The Balaban J connectivity index is 1.34. The Bertz CT molecular complexity index is 1400. The third-order valence-electron chi connectivity index (χ3n) is 8.88. The Morgan fingerprint density at radius 1 is 1.00 bits per heavy atom. The summed E-state index contributed by atoms with van der Waals surface area (Å²) in [5, 5.41) is 12.1. The third kappa shape index (κ3) is 3.60. The van der Waals surface area contributed by atoms with E-state index in [1.54, 1.807) is 31.4 Å². The smallest absolute Gasteiger partial charge is 0.348 e. The van der Waals surface area contributed by atoms with Gasteiger partial charge in [0.15, 0.2) is 17.6 Å². The van der Waals surface area contributed by atoms with E-state index in [0.717, 1.165) is 49.2 Å². The minimum Gasteiger partial charge on any atom is -0.497 e. The molecule has 1 saturated heterocycles. The van der Waals surface area contributed by atoms with Crippen molar-refractivity contribution in [3.8, 4) is 11.5 Å². The van der Waals surface area contributed by atoms with Gasteiger partial charge in [-0.15, -0.1) is 0 Å². The summed E-state index contributed by atoms with van der Waals surface area (Å²) in [6.07, 6.45) is 4.27. The Kier molecular flexibility index (Phi) is 5.68. The van der Waals surface area contributed by atoms with E-state index in [4.69, 9.17) is 18.9 Å². The molecule has 200 valence electrons. The van der Waals surface area contributed by atoms with E-state index in [1.165, 1.54) is 0 Å². The number of ether oxygens (including phenoxy) is 4. The molecule has 0 bridgehead atoms. The maximum Gasteiger partial charge on any atom is 0.348 e. The van der Waals surface area contributed by atoms with Crippen LogP contribution in [0.25, 0.3) is 0 Å². The normalized spacial score (nSPS) is 25.2. The number of benzene rings is 3. The lowest BCUT2D eigenvalue weighted by Crippen LogP contribution is -2.48. The lowest BCUT2D eigenvalue weighted by atomic mass is 9.77. The van der Waals surface area contributed by atoms with E-state index in [2.05, 4.69) is 23.1 Å². The van der Waals surface area contributed by atoms with Crippen molar-refractivity contribution in [3.63, 3.8) is 0 Å². The summed E-state index contributed by atoms with van der Waals surface area (Å²) in [7, 11) is 1.62. The van der Waals surface area contributed by atoms with Gasteiger partial charge in [0.25, 0.3) is 0 Å². The van der Waals surface area contributed by atoms with Gasteiger partial charge < -0.3 is 24.1 Å². The number of methoxy groups -OCH3 is 1. The zero-order valence-electron chi connectivity index (χ0n) is 21.8. The molecule has 7 nitrogen and oxygen atoms in total.